The second-order valence-electron chi connectivity index (χ2n) is 4.29. The highest BCUT2D eigenvalue weighted by Crippen LogP contribution is 2.18. The van der Waals surface area contributed by atoms with Crippen molar-refractivity contribution in [3.05, 3.63) is 52.2 Å². The molecule has 114 valence electrons. The van der Waals surface area contributed by atoms with Crippen LogP contribution in [0.15, 0.2) is 47.4 Å². The molecule has 0 spiro atoms. The molecule has 0 fully saturated rings. The van der Waals surface area contributed by atoms with E-state index in [2.05, 4.69) is 5.32 Å². The number of nitrogens with one attached hydrogen (secondary N) is 1. The third-order valence-electron chi connectivity index (χ3n) is 2.73. The molecule has 0 aliphatic carbocycles. The summed E-state index contributed by atoms with van der Waals surface area (Å²) in [6.45, 7) is 2.43. The highest BCUT2D eigenvalue weighted by molar-refractivity contribution is 7.10. The highest BCUT2D eigenvalue weighted by atomic mass is 32.1. The quantitative estimate of drug-likeness (QED) is 0.487. The van der Waals surface area contributed by atoms with Gasteiger partial charge in [0.05, 0.1) is 6.61 Å². The summed E-state index contributed by atoms with van der Waals surface area (Å²) in [5.41, 5.74) is 0.197. The van der Waals surface area contributed by atoms with Gasteiger partial charge in [0.1, 0.15) is 11.3 Å². The Bertz CT molecular complexity index is 675. The number of aliphatic carboxylic acids is 1. The van der Waals surface area contributed by atoms with Gasteiger partial charge in [-0.25, -0.2) is 4.79 Å². The molecule has 22 heavy (non-hydrogen) atoms. The maximum Gasteiger partial charge on any atom is 0.341 e. The van der Waals surface area contributed by atoms with E-state index in [4.69, 9.17) is 4.74 Å². The third kappa shape index (κ3) is 4.20. The molecule has 0 unspecified atom stereocenters. The monoisotopic (exact) mass is 317 g/mol. The molecule has 2 N–H and O–H groups in total. The molecule has 1 aromatic carbocycles. The second-order valence-corrected chi connectivity index (χ2v) is 5.27. The first kappa shape index (κ1) is 15.8. The maximum atomic E-state index is 12.1. The summed E-state index contributed by atoms with van der Waals surface area (Å²) in [7, 11) is 0. The number of ether oxygens (including phenoxy) is 1. The van der Waals surface area contributed by atoms with Crippen LogP contribution in [0.25, 0.3) is 6.08 Å². The number of thiophene rings is 1. The average Bonchev–Trinajstić information content (AvgIpc) is 3.00. The zero-order valence-electron chi connectivity index (χ0n) is 11.9. The van der Waals surface area contributed by atoms with E-state index in [-0.39, 0.29) is 5.57 Å². The largest absolute Gasteiger partial charge is 0.494 e. The lowest BCUT2D eigenvalue weighted by Gasteiger charge is -2.07. The van der Waals surface area contributed by atoms with E-state index in [1.807, 2.05) is 12.3 Å². The van der Waals surface area contributed by atoms with Crippen LogP contribution >= 0.6 is 11.3 Å². The molecule has 0 aliphatic heterocycles. The summed E-state index contributed by atoms with van der Waals surface area (Å²) in [5.74, 6) is -1.24. The summed E-state index contributed by atoms with van der Waals surface area (Å²) in [6.07, 6.45) is 1.36. The van der Waals surface area contributed by atoms with Gasteiger partial charge in [-0.3, -0.25) is 4.79 Å². The third-order valence-corrected chi connectivity index (χ3v) is 3.55. The van der Waals surface area contributed by atoms with Gasteiger partial charge in [0.15, 0.2) is 0 Å². The number of anilines is 1. The summed E-state index contributed by atoms with van der Waals surface area (Å²) in [4.78, 5) is 24.1. The van der Waals surface area contributed by atoms with Gasteiger partial charge in [0.25, 0.3) is 5.91 Å². The van der Waals surface area contributed by atoms with Crippen LogP contribution in [0.1, 0.15) is 11.8 Å². The summed E-state index contributed by atoms with van der Waals surface area (Å²) >= 11 is 1.36. The molecule has 0 saturated heterocycles. The molecule has 0 saturated carbocycles. The minimum Gasteiger partial charge on any atom is -0.494 e. The Hall–Kier alpha value is -2.60. The molecule has 0 bridgehead atoms. The van der Waals surface area contributed by atoms with E-state index in [0.29, 0.717) is 22.9 Å². The van der Waals surface area contributed by atoms with Crippen molar-refractivity contribution in [2.24, 2.45) is 0 Å². The normalized spacial score (nSPS) is 11.0. The number of carbonyl (C=O) groups is 2. The van der Waals surface area contributed by atoms with Gasteiger partial charge in [-0.2, -0.15) is 0 Å². The van der Waals surface area contributed by atoms with E-state index >= 15 is 0 Å². The van der Waals surface area contributed by atoms with Crippen LogP contribution in [0.4, 0.5) is 5.69 Å². The summed E-state index contributed by atoms with van der Waals surface area (Å²) in [6, 6.07) is 10.3. The molecule has 1 amide bonds. The number of rotatable bonds is 6. The van der Waals surface area contributed by atoms with E-state index in [9.17, 15) is 14.7 Å². The number of benzene rings is 1. The van der Waals surface area contributed by atoms with Gasteiger partial charge in [-0.1, -0.05) is 6.07 Å². The van der Waals surface area contributed by atoms with Crippen LogP contribution in [0.3, 0.4) is 0 Å². The molecule has 1 heterocycles. The fraction of sp³-hybridized carbons (Fsp3) is 0.125. The Kier molecular flexibility index (Phi) is 5.32. The summed E-state index contributed by atoms with van der Waals surface area (Å²) in [5, 5.41) is 13.6. The molecule has 2 rings (SSSR count). The topological polar surface area (TPSA) is 75.6 Å². The molecule has 1 aromatic heterocycles. The number of hydrogen-bond acceptors (Lipinski definition) is 4. The van der Waals surface area contributed by atoms with E-state index in [1.54, 1.807) is 36.4 Å². The fourth-order valence-electron chi connectivity index (χ4n) is 1.74. The van der Waals surface area contributed by atoms with Crippen LogP contribution in [0.5, 0.6) is 5.75 Å². The number of carboxylic acids is 1. The molecule has 0 aliphatic rings. The Balaban J connectivity index is 2.13. The van der Waals surface area contributed by atoms with Crippen molar-refractivity contribution in [1.82, 2.24) is 0 Å². The Morgan fingerprint density at radius 2 is 2.00 bits per heavy atom. The predicted molar refractivity (Wildman–Crippen MR) is 86.2 cm³/mol. The minimum absolute atomic E-state index is 0.309. The number of carboxylic acid groups (broad SMARTS) is 1. The number of hydrogen-bond donors (Lipinski definition) is 2. The van der Waals surface area contributed by atoms with E-state index in [0.717, 1.165) is 0 Å². The average molecular weight is 317 g/mol. The zero-order chi connectivity index (χ0) is 15.9. The van der Waals surface area contributed by atoms with Gasteiger partial charge in [-0.05, 0) is 48.7 Å². The first-order valence-corrected chi connectivity index (χ1v) is 7.51. The van der Waals surface area contributed by atoms with Crippen LogP contribution in [-0.4, -0.2) is 23.6 Å². The highest BCUT2D eigenvalue weighted by Gasteiger charge is 2.17. The lowest BCUT2D eigenvalue weighted by Crippen LogP contribution is -2.20. The SMILES string of the molecule is CCOc1ccc(NC(=O)C(=Cc2cccs2)C(=O)O)cc1. The van der Waals surface area contributed by atoms with Gasteiger partial charge >= 0.3 is 5.97 Å². The molecule has 2 aromatic rings. The van der Waals surface area contributed by atoms with E-state index < -0.39 is 11.9 Å². The minimum atomic E-state index is -1.27. The van der Waals surface area contributed by atoms with Crippen LogP contribution in [-0.2, 0) is 9.59 Å². The standard InChI is InChI=1S/C16H15NO4S/c1-2-21-12-7-5-11(6-8-12)17-15(18)14(16(19)20)10-13-4-3-9-22-13/h3-10H,2H2,1H3,(H,17,18)(H,19,20). The molecule has 0 radical (unpaired) electrons. The van der Waals surface area contributed by atoms with Crippen molar-refractivity contribution in [3.63, 3.8) is 0 Å². The second kappa shape index (κ2) is 7.42. The van der Waals surface area contributed by atoms with Crippen LogP contribution < -0.4 is 10.1 Å². The van der Waals surface area contributed by atoms with Gasteiger partial charge in [0, 0.05) is 10.6 Å². The van der Waals surface area contributed by atoms with Crippen molar-refractivity contribution in [2.45, 2.75) is 6.92 Å². The van der Waals surface area contributed by atoms with Crippen molar-refractivity contribution in [1.29, 1.82) is 0 Å². The van der Waals surface area contributed by atoms with Crippen molar-refractivity contribution in [2.75, 3.05) is 11.9 Å². The lowest BCUT2D eigenvalue weighted by molar-refractivity contribution is -0.134. The molecule has 6 heteroatoms. The first-order valence-electron chi connectivity index (χ1n) is 6.63. The van der Waals surface area contributed by atoms with Crippen LogP contribution in [0, 0.1) is 0 Å². The van der Waals surface area contributed by atoms with E-state index in [1.165, 1.54) is 17.4 Å². The van der Waals surface area contributed by atoms with Crippen molar-refractivity contribution < 1.29 is 19.4 Å². The van der Waals surface area contributed by atoms with Crippen molar-refractivity contribution in [3.8, 4) is 5.75 Å². The fourth-order valence-corrected chi connectivity index (χ4v) is 2.40. The number of carbonyl (C=O) groups excluding carboxylic acids is 1. The molecule has 5 nitrogen and oxygen atoms in total. The summed E-state index contributed by atoms with van der Waals surface area (Å²) < 4.78 is 5.30. The smallest absolute Gasteiger partial charge is 0.341 e. The zero-order valence-corrected chi connectivity index (χ0v) is 12.7. The molecular weight excluding hydrogens is 302 g/mol. The Morgan fingerprint density at radius 3 is 2.55 bits per heavy atom. The maximum absolute atomic E-state index is 12.1. The molecular formula is C16H15NO4S. The van der Waals surface area contributed by atoms with Gasteiger partial charge in [-0.15, -0.1) is 11.3 Å². The Labute approximate surface area is 131 Å². The lowest BCUT2D eigenvalue weighted by atomic mass is 10.2. The number of amides is 1. The first-order chi connectivity index (χ1) is 10.6. The van der Waals surface area contributed by atoms with Crippen molar-refractivity contribution >= 4 is 35.0 Å². The predicted octanol–water partition coefficient (Wildman–Crippen LogP) is 3.25. The molecule has 0 atom stereocenters. The van der Waals surface area contributed by atoms with Crippen LogP contribution in [0.2, 0.25) is 0 Å². The van der Waals surface area contributed by atoms with Gasteiger partial charge < -0.3 is 15.2 Å². The van der Waals surface area contributed by atoms with Gasteiger partial charge in [0.2, 0.25) is 0 Å². The Morgan fingerprint density at radius 1 is 1.27 bits per heavy atom.